The van der Waals surface area contributed by atoms with Crippen molar-refractivity contribution in [1.82, 2.24) is 5.32 Å². The molecule has 0 aromatic heterocycles. The summed E-state index contributed by atoms with van der Waals surface area (Å²) in [6.45, 7) is 3.02. The minimum Gasteiger partial charge on any atom is -1.00 e. The molecule has 8 N–H and O–H groups in total. The molecule has 0 aliphatic heterocycles. The van der Waals surface area contributed by atoms with Gasteiger partial charge in [-0.2, -0.15) is 0 Å². The Balaban J connectivity index is -0.000000980. The molecule has 0 saturated heterocycles. The normalized spacial score (nSPS) is 11.2. The molecule has 0 aromatic carbocycles. The fraction of sp³-hybridized carbons (Fsp3) is 0.900. The van der Waals surface area contributed by atoms with Crippen molar-refractivity contribution in [3.8, 4) is 0 Å². The van der Waals surface area contributed by atoms with E-state index in [1.807, 2.05) is 0 Å². The Bertz CT molecular complexity index is 174. The Labute approximate surface area is 116 Å². The second kappa shape index (κ2) is 15.9. The topological polar surface area (TPSA) is 105 Å². The van der Waals surface area contributed by atoms with Gasteiger partial charge in [-0.1, -0.05) is 0 Å². The van der Waals surface area contributed by atoms with Crippen LogP contribution in [0, 0.1) is 0 Å². The van der Waals surface area contributed by atoms with Gasteiger partial charge in [0.2, 0.25) is 0 Å². The summed E-state index contributed by atoms with van der Waals surface area (Å²) in [6, 6.07) is -0.448. The smallest absolute Gasteiger partial charge is 0.362 e. The van der Waals surface area contributed by atoms with Crippen molar-refractivity contribution in [3.63, 3.8) is 0 Å². The lowest BCUT2D eigenvalue weighted by atomic mass is 10.1. The molecular weight excluding hydrogens is 265 g/mol. The lowest BCUT2D eigenvalue weighted by Gasteiger charge is -2.04. The molecule has 0 aromatic rings. The van der Waals surface area contributed by atoms with E-state index in [0.29, 0.717) is 6.42 Å². The van der Waals surface area contributed by atoms with Crippen molar-refractivity contribution in [2.75, 3.05) is 19.6 Å². The fourth-order valence-electron chi connectivity index (χ4n) is 1.32. The summed E-state index contributed by atoms with van der Waals surface area (Å²) in [4.78, 5) is 10.5. The first-order valence-corrected chi connectivity index (χ1v) is 5.74. The van der Waals surface area contributed by atoms with Gasteiger partial charge in [0, 0.05) is 6.42 Å². The number of nitrogens with one attached hydrogen (secondary N) is 1. The molecule has 0 rings (SSSR count). The monoisotopic (exact) mass is 289 g/mol. The van der Waals surface area contributed by atoms with Crippen LogP contribution in [0.15, 0.2) is 0 Å². The Hall–Kier alpha value is -0.0700. The first kappa shape index (κ1) is 22.1. The van der Waals surface area contributed by atoms with Crippen LogP contribution in [0.25, 0.3) is 0 Å². The Kier molecular flexibility index (Phi) is 20.7. The molecule has 0 bridgehead atoms. The van der Waals surface area contributed by atoms with E-state index < -0.39 is 12.0 Å². The second-order valence-corrected chi connectivity index (χ2v) is 3.84. The molecule has 17 heavy (non-hydrogen) atoms. The van der Waals surface area contributed by atoms with Crippen LogP contribution in [-0.4, -0.2) is 36.8 Å². The molecular formula is C10H25Cl2N3O2. The Morgan fingerprint density at radius 2 is 1.65 bits per heavy atom. The zero-order valence-corrected chi connectivity index (χ0v) is 11.8. The summed E-state index contributed by atoms with van der Waals surface area (Å²) in [7, 11) is 0. The van der Waals surface area contributed by atoms with E-state index in [0.717, 1.165) is 32.5 Å². The highest BCUT2D eigenvalue weighted by molar-refractivity contribution is 5.71. The third-order valence-corrected chi connectivity index (χ3v) is 2.36. The summed E-state index contributed by atoms with van der Waals surface area (Å²) >= 11 is 0. The van der Waals surface area contributed by atoms with Crippen LogP contribution in [-0.2, 0) is 4.79 Å². The Morgan fingerprint density at radius 1 is 1.12 bits per heavy atom. The van der Waals surface area contributed by atoms with E-state index in [2.05, 4.69) is 16.8 Å². The quantitative estimate of drug-likeness (QED) is 0.300. The van der Waals surface area contributed by atoms with Crippen molar-refractivity contribution in [1.29, 1.82) is 0 Å². The van der Waals surface area contributed by atoms with Crippen LogP contribution in [0.2, 0.25) is 0 Å². The minimum atomic E-state index is -0.793. The third kappa shape index (κ3) is 15.9. The van der Waals surface area contributed by atoms with Crippen LogP contribution in [0.3, 0.4) is 0 Å². The maximum atomic E-state index is 10.5. The minimum absolute atomic E-state index is 0. The first-order chi connectivity index (χ1) is 7.18. The standard InChI is InChI=1S/C10H23N3O2.2ClH/c11-6-2-4-8-13-7-3-1-5-9(12)10(14)15;;/h9,13H,1-8,11-12H2,(H,14,15);2*1H/t9-;;/m0../s1. The van der Waals surface area contributed by atoms with Crippen molar-refractivity contribution in [2.45, 2.75) is 38.1 Å². The van der Waals surface area contributed by atoms with Crippen molar-refractivity contribution in [2.24, 2.45) is 0 Å². The molecule has 0 saturated carbocycles. The van der Waals surface area contributed by atoms with Gasteiger partial charge in [-0.3, -0.25) is 0 Å². The van der Waals surface area contributed by atoms with Crippen LogP contribution in [0.5, 0.6) is 0 Å². The third-order valence-electron chi connectivity index (χ3n) is 2.36. The summed E-state index contributed by atoms with van der Waals surface area (Å²) in [5.41, 5.74) is 7.35. The highest BCUT2D eigenvalue weighted by atomic mass is 35.5. The molecule has 5 nitrogen and oxygen atoms in total. The van der Waals surface area contributed by atoms with Crippen LogP contribution >= 0.6 is 0 Å². The molecule has 0 radical (unpaired) electrons. The lowest BCUT2D eigenvalue weighted by Crippen LogP contribution is -3.00. The van der Waals surface area contributed by atoms with Crippen molar-refractivity contribution < 1.29 is 46.2 Å². The number of halogens is 2. The number of quaternary nitrogens is 2. The average Bonchev–Trinajstić information content (AvgIpc) is 2.21. The SMILES string of the molecule is [Cl-].[Cl-].[NH3+]CCCCNCCCC[C@H]([NH3+])C(=O)O. The van der Waals surface area contributed by atoms with Crippen molar-refractivity contribution >= 4 is 5.97 Å². The van der Waals surface area contributed by atoms with E-state index in [9.17, 15) is 4.79 Å². The Morgan fingerprint density at radius 3 is 2.12 bits per heavy atom. The summed E-state index contributed by atoms with van der Waals surface area (Å²) in [5, 5.41) is 11.9. The van der Waals surface area contributed by atoms with Gasteiger partial charge in [0.1, 0.15) is 0 Å². The van der Waals surface area contributed by atoms with Gasteiger partial charge < -0.3 is 46.7 Å². The van der Waals surface area contributed by atoms with Crippen LogP contribution in [0.4, 0.5) is 0 Å². The number of carbonyl (C=O) groups is 1. The van der Waals surface area contributed by atoms with E-state index >= 15 is 0 Å². The van der Waals surface area contributed by atoms with Gasteiger partial charge in [0.15, 0.2) is 6.04 Å². The van der Waals surface area contributed by atoms with E-state index in [1.165, 1.54) is 12.8 Å². The van der Waals surface area contributed by atoms with Gasteiger partial charge in [0.05, 0.1) is 6.54 Å². The summed E-state index contributed by atoms with van der Waals surface area (Å²) < 4.78 is 0. The zero-order valence-electron chi connectivity index (χ0n) is 10.3. The maximum Gasteiger partial charge on any atom is 0.362 e. The number of carboxylic acids is 1. The zero-order chi connectivity index (χ0) is 11.5. The number of aliphatic carboxylic acids is 1. The first-order valence-electron chi connectivity index (χ1n) is 5.74. The predicted molar refractivity (Wildman–Crippen MR) is 58.0 cm³/mol. The number of unbranched alkanes of at least 4 members (excludes halogenated alkanes) is 2. The second-order valence-electron chi connectivity index (χ2n) is 3.84. The summed E-state index contributed by atoms with van der Waals surface area (Å²) in [6.07, 6.45) is 4.99. The highest BCUT2D eigenvalue weighted by Crippen LogP contribution is 1.96. The molecule has 0 heterocycles. The maximum absolute atomic E-state index is 10.5. The fourth-order valence-corrected chi connectivity index (χ4v) is 1.32. The lowest BCUT2D eigenvalue weighted by molar-refractivity contribution is -0.409. The molecule has 0 unspecified atom stereocenters. The molecule has 0 spiro atoms. The predicted octanol–water partition coefficient (Wildman–Crippen LogP) is -7.53. The molecule has 7 heteroatoms. The molecule has 106 valence electrons. The van der Waals surface area contributed by atoms with Gasteiger partial charge in [0.25, 0.3) is 0 Å². The summed E-state index contributed by atoms with van der Waals surface area (Å²) in [5.74, 6) is -0.793. The van der Waals surface area contributed by atoms with Gasteiger partial charge in [-0.25, -0.2) is 4.79 Å². The van der Waals surface area contributed by atoms with Gasteiger partial charge in [-0.15, -0.1) is 0 Å². The highest BCUT2D eigenvalue weighted by Gasteiger charge is 2.13. The van der Waals surface area contributed by atoms with Crippen LogP contribution < -0.4 is 41.6 Å². The number of hydrogen-bond donors (Lipinski definition) is 4. The molecule has 1 atom stereocenters. The van der Waals surface area contributed by atoms with Crippen LogP contribution in [0.1, 0.15) is 32.1 Å². The largest absolute Gasteiger partial charge is 1.00 e. The average molecular weight is 290 g/mol. The van der Waals surface area contributed by atoms with E-state index in [1.54, 1.807) is 0 Å². The number of hydrogen-bond acceptors (Lipinski definition) is 2. The molecule has 0 aliphatic carbocycles. The molecule has 0 amide bonds. The van der Waals surface area contributed by atoms with Gasteiger partial charge >= 0.3 is 5.97 Å². The van der Waals surface area contributed by atoms with Gasteiger partial charge in [-0.05, 0) is 38.8 Å². The van der Waals surface area contributed by atoms with E-state index in [4.69, 9.17) is 5.11 Å². The number of carboxylic acid groups (broad SMARTS) is 1. The number of rotatable bonds is 10. The molecule has 0 aliphatic rings. The molecule has 0 fully saturated rings. The van der Waals surface area contributed by atoms with Crippen molar-refractivity contribution in [3.05, 3.63) is 0 Å². The van der Waals surface area contributed by atoms with E-state index in [-0.39, 0.29) is 24.8 Å².